The van der Waals surface area contributed by atoms with Crippen molar-refractivity contribution in [3.63, 3.8) is 0 Å². The molecule has 6 heteroatoms. The molecule has 6 aliphatic rings. The number of fused-ring (bicyclic) bond motifs is 2. The molecular weight excluding hydrogens is 344 g/mol. The summed E-state index contributed by atoms with van der Waals surface area (Å²) in [5.41, 5.74) is 0.103. The van der Waals surface area contributed by atoms with Crippen LogP contribution in [0.15, 0.2) is 0 Å². The van der Waals surface area contributed by atoms with Crippen LogP contribution in [0, 0.1) is 17.8 Å². The maximum atomic E-state index is 12.8. The summed E-state index contributed by atoms with van der Waals surface area (Å²) in [5.74, 6) is 2.59. The summed E-state index contributed by atoms with van der Waals surface area (Å²) >= 11 is 5.48. The van der Waals surface area contributed by atoms with E-state index in [1.807, 2.05) is 7.05 Å². The third-order valence-electron chi connectivity index (χ3n) is 7.93. The van der Waals surface area contributed by atoms with Crippen molar-refractivity contribution in [2.75, 3.05) is 7.05 Å². The Bertz CT molecular complexity index is 559. The van der Waals surface area contributed by atoms with Gasteiger partial charge in [0.1, 0.15) is 0 Å². The van der Waals surface area contributed by atoms with Crippen LogP contribution in [0.2, 0.25) is 0 Å². The molecule has 3 N–H and O–H groups in total. The Morgan fingerprint density at radius 2 is 1.50 bits per heavy atom. The van der Waals surface area contributed by atoms with E-state index in [2.05, 4.69) is 20.9 Å². The van der Waals surface area contributed by atoms with Gasteiger partial charge in [0.15, 0.2) is 5.11 Å². The summed E-state index contributed by atoms with van der Waals surface area (Å²) < 4.78 is 0. The number of hydrogen-bond donors (Lipinski definition) is 3. The number of urea groups is 1. The molecule has 144 valence electrons. The Kier molecular flexibility index (Phi) is 4.11. The number of nitrogens with one attached hydrogen (secondary N) is 3. The zero-order valence-electron chi connectivity index (χ0n) is 15.8. The largest absolute Gasteiger partial charge is 0.366 e. The summed E-state index contributed by atoms with van der Waals surface area (Å²) in [7, 11) is 1.91. The third-order valence-corrected chi connectivity index (χ3v) is 8.35. The van der Waals surface area contributed by atoms with Gasteiger partial charge in [-0.2, -0.15) is 0 Å². The van der Waals surface area contributed by atoms with Crippen molar-refractivity contribution in [1.29, 1.82) is 0 Å². The molecule has 2 unspecified atom stereocenters. The Balaban J connectivity index is 1.19. The van der Waals surface area contributed by atoms with E-state index in [1.54, 1.807) is 0 Å². The second-order valence-corrected chi connectivity index (χ2v) is 10.2. The SMILES string of the molecule is CNC(=S)N1C2CCC1CC(NC(=O)NC13CC4CC(CC(C4)C1)C3)C2. The minimum Gasteiger partial charge on any atom is -0.366 e. The van der Waals surface area contributed by atoms with Crippen LogP contribution in [0.1, 0.15) is 64.2 Å². The maximum Gasteiger partial charge on any atom is 0.315 e. The smallest absolute Gasteiger partial charge is 0.315 e. The molecule has 26 heavy (non-hydrogen) atoms. The van der Waals surface area contributed by atoms with Crippen LogP contribution < -0.4 is 16.0 Å². The van der Waals surface area contributed by atoms with Gasteiger partial charge in [-0.1, -0.05) is 0 Å². The van der Waals surface area contributed by atoms with Crippen molar-refractivity contribution in [2.45, 2.75) is 87.9 Å². The molecule has 0 spiro atoms. The Hall–Kier alpha value is -1.04. The minimum atomic E-state index is 0.0843. The van der Waals surface area contributed by atoms with E-state index in [0.29, 0.717) is 12.1 Å². The molecule has 5 nitrogen and oxygen atoms in total. The van der Waals surface area contributed by atoms with Gasteiger partial charge >= 0.3 is 6.03 Å². The van der Waals surface area contributed by atoms with E-state index in [1.165, 1.54) is 51.4 Å². The average molecular weight is 377 g/mol. The molecule has 0 radical (unpaired) electrons. The van der Waals surface area contributed by atoms with E-state index in [-0.39, 0.29) is 17.6 Å². The molecule has 6 fully saturated rings. The molecule has 2 amide bonds. The zero-order chi connectivity index (χ0) is 17.9. The van der Waals surface area contributed by atoms with Crippen LogP contribution in [0.25, 0.3) is 0 Å². The molecule has 6 rings (SSSR count). The van der Waals surface area contributed by atoms with Gasteiger partial charge in [-0.3, -0.25) is 0 Å². The van der Waals surface area contributed by atoms with Gasteiger partial charge in [0, 0.05) is 30.7 Å². The number of amides is 2. The van der Waals surface area contributed by atoms with Gasteiger partial charge in [0.2, 0.25) is 0 Å². The highest BCUT2D eigenvalue weighted by atomic mass is 32.1. The molecule has 2 aliphatic heterocycles. The third kappa shape index (κ3) is 2.88. The molecule has 0 aromatic rings. The molecule has 6 bridgehead atoms. The molecule has 2 saturated heterocycles. The number of carbonyl (C=O) groups excluding carboxylic acids is 1. The minimum absolute atomic E-state index is 0.0843. The predicted octanol–water partition coefficient (Wildman–Crippen LogP) is 2.75. The number of rotatable bonds is 2. The lowest BCUT2D eigenvalue weighted by molar-refractivity contribution is -0.0138. The van der Waals surface area contributed by atoms with Crippen LogP contribution in [-0.2, 0) is 0 Å². The monoisotopic (exact) mass is 376 g/mol. The summed E-state index contributed by atoms with van der Waals surface area (Å²) in [6.07, 6.45) is 12.3. The van der Waals surface area contributed by atoms with Crippen LogP contribution in [0.5, 0.6) is 0 Å². The average Bonchev–Trinajstić information content (AvgIpc) is 2.83. The quantitative estimate of drug-likeness (QED) is 0.649. The summed E-state index contributed by atoms with van der Waals surface area (Å²) in [5, 5.41) is 10.8. The van der Waals surface area contributed by atoms with Gasteiger partial charge in [0.25, 0.3) is 0 Å². The maximum absolute atomic E-state index is 12.8. The van der Waals surface area contributed by atoms with Crippen LogP contribution in [-0.4, -0.2) is 46.8 Å². The fraction of sp³-hybridized carbons (Fsp3) is 0.900. The Morgan fingerprint density at radius 3 is 2.00 bits per heavy atom. The summed E-state index contributed by atoms with van der Waals surface area (Å²) in [6, 6.07) is 1.34. The van der Waals surface area contributed by atoms with Crippen molar-refractivity contribution in [3.8, 4) is 0 Å². The summed E-state index contributed by atoms with van der Waals surface area (Å²) in [4.78, 5) is 15.2. The Morgan fingerprint density at radius 1 is 0.962 bits per heavy atom. The van der Waals surface area contributed by atoms with Crippen LogP contribution in [0.4, 0.5) is 4.79 Å². The second-order valence-electron chi connectivity index (χ2n) is 9.81. The van der Waals surface area contributed by atoms with E-state index < -0.39 is 0 Å². The predicted molar refractivity (Wildman–Crippen MR) is 106 cm³/mol. The standard InChI is InChI=1S/C20H32N4OS/c1-21-19(26)24-16-2-3-17(24)8-15(7-16)22-18(25)23-20-9-12-4-13(10-20)6-14(5-12)11-20/h12-17H,2-11H2,1H3,(H,21,26)(H2,22,23,25). The summed E-state index contributed by atoms with van der Waals surface area (Å²) in [6.45, 7) is 0. The number of carbonyl (C=O) groups is 1. The lowest BCUT2D eigenvalue weighted by atomic mass is 9.53. The highest BCUT2D eigenvalue weighted by Gasteiger charge is 2.52. The molecule has 4 aliphatic carbocycles. The first kappa shape index (κ1) is 17.1. The van der Waals surface area contributed by atoms with Crippen molar-refractivity contribution in [2.24, 2.45) is 17.8 Å². The van der Waals surface area contributed by atoms with E-state index >= 15 is 0 Å². The molecule has 4 saturated carbocycles. The van der Waals surface area contributed by atoms with Crippen LogP contribution in [0.3, 0.4) is 0 Å². The number of hydrogen-bond acceptors (Lipinski definition) is 2. The first-order valence-corrected chi connectivity index (χ1v) is 11.0. The normalized spacial score (nSPS) is 45.5. The molecular formula is C20H32N4OS. The van der Waals surface area contributed by atoms with Crippen molar-refractivity contribution < 1.29 is 4.79 Å². The lowest BCUT2D eigenvalue weighted by Gasteiger charge is -2.56. The topological polar surface area (TPSA) is 56.4 Å². The molecule has 0 aromatic heterocycles. The second kappa shape index (κ2) is 6.25. The van der Waals surface area contributed by atoms with Gasteiger partial charge in [0.05, 0.1) is 0 Å². The molecule has 2 heterocycles. The van der Waals surface area contributed by atoms with E-state index in [0.717, 1.165) is 35.7 Å². The number of nitrogens with zero attached hydrogens (tertiary/aromatic N) is 1. The highest BCUT2D eigenvalue weighted by molar-refractivity contribution is 7.80. The molecule has 2 atom stereocenters. The fourth-order valence-electron chi connectivity index (χ4n) is 7.48. The van der Waals surface area contributed by atoms with Crippen molar-refractivity contribution in [1.82, 2.24) is 20.9 Å². The molecule has 0 aromatic carbocycles. The van der Waals surface area contributed by atoms with E-state index in [4.69, 9.17) is 12.2 Å². The fourth-order valence-corrected chi connectivity index (χ4v) is 7.78. The van der Waals surface area contributed by atoms with Crippen molar-refractivity contribution in [3.05, 3.63) is 0 Å². The zero-order valence-corrected chi connectivity index (χ0v) is 16.6. The van der Waals surface area contributed by atoms with E-state index in [9.17, 15) is 4.79 Å². The Labute approximate surface area is 162 Å². The number of piperidine rings is 1. The lowest BCUT2D eigenvalue weighted by Crippen LogP contribution is -2.63. The van der Waals surface area contributed by atoms with Crippen molar-refractivity contribution >= 4 is 23.4 Å². The van der Waals surface area contributed by atoms with Gasteiger partial charge < -0.3 is 20.9 Å². The van der Waals surface area contributed by atoms with Gasteiger partial charge in [-0.05, 0) is 94.2 Å². The van der Waals surface area contributed by atoms with Gasteiger partial charge in [-0.25, -0.2) is 4.79 Å². The van der Waals surface area contributed by atoms with Crippen LogP contribution >= 0.6 is 12.2 Å². The highest BCUT2D eigenvalue weighted by Crippen LogP contribution is 2.55. The number of thiocarbonyl (C=S) groups is 1. The van der Waals surface area contributed by atoms with Gasteiger partial charge in [-0.15, -0.1) is 0 Å². The first-order valence-electron chi connectivity index (χ1n) is 10.6. The first-order chi connectivity index (χ1) is 12.5.